The fraction of sp³-hybridized carbons (Fsp3) is 0. The van der Waals surface area contributed by atoms with Crippen molar-refractivity contribution in [1.29, 1.82) is 0 Å². The zero-order valence-electron chi connectivity index (χ0n) is 3.55. The molecule has 9 heavy (non-hydrogen) atoms. The Kier molecular flexibility index (Phi) is 859. The second-order valence-corrected chi connectivity index (χ2v) is 0. The van der Waals surface area contributed by atoms with Gasteiger partial charge in [0.15, 0.2) is 0 Å². The average Bonchev–Trinajstić information content (AvgIpc) is 0. The van der Waals surface area contributed by atoms with Crippen LogP contribution in [0.1, 0.15) is 0 Å². The van der Waals surface area contributed by atoms with Crippen molar-refractivity contribution in [3.63, 3.8) is 0 Å². The van der Waals surface area contributed by atoms with Crippen LogP contribution >= 0.6 is 0 Å². The molecule has 0 rings (SSSR count). The third-order valence-corrected chi connectivity index (χ3v) is 0. The molecule has 0 aliphatic heterocycles. The molecule has 7 radical (unpaired) electrons. The fourth-order valence-electron chi connectivity index (χ4n) is 0. The summed E-state index contributed by atoms with van der Waals surface area (Å²) >= 11 is 0. The Morgan fingerprint density at radius 2 is 1.00 bits per heavy atom. The van der Waals surface area contributed by atoms with Crippen molar-refractivity contribution in [3.05, 3.63) is 0 Å². The number of hydrogen-bond donors (Lipinski definition) is 0. The van der Waals surface area contributed by atoms with Gasteiger partial charge in [0.1, 0.15) is 0 Å². The van der Waals surface area contributed by atoms with E-state index in [9.17, 15) is 0 Å². The van der Waals surface area contributed by atoms with Crippen LogP contribution < -0.4 is 0 Å². The molecule has 0 spiro atoms. The molecule has 0 N–H and O–H groups in total. The summed E-state index contributed by atoms with van der Waals surface area (Å²) in [5.41, 5.74) is 0. The van der Waals surface area contributed by atoms with Gasteiger partial charge in [0, 0.05) is 156 Å². The largest absolute Gasteiger partial charge is 0 e. The minimum atomic E-state index is 0. The van der Waals surface area contributed by atoms with Crippen LogP contribution in [-0.4, -0.2) is 11.0 Å². The Hall–Kier alpha value is 4.75. The van der Waals surface area contributed by atoms with Crippen LogP contribution in [0.25, 0.3) is 0 Å². The Morgan fingerprint density at radius 3 is 1.00 bits per heavy atom. The molecule has 0 aromatic carbocycles. The predicted octanol–water partition coefficient (Wildman–Crippen LogP) is -0.401. The van der Waals surface area contributed by atoms with E-state index in [1.807, 2.05) is 0 Å². The molecule has 0 saturated carbocycles. The second-order valence-electron chi connectivity index (χ2n) is 0. The van der Waals surface area contributed by atoms with Gasteiger partial charge in [-0.15, -0.1) is 0 Å². The first-order chi connectivity index (χ1) is 0. The maximum atomic E-state index is 0. The van der Waals surface area contributed by atoms with E-state index in [2.05, 4.69) is 0 Å². The summed E-state index contributed by atoms with van der Waals surface area (Å²) in [5, 5.41) is 0. The molecule has 0 bridgehead atoms. The van der Waals surface area contributed by atoms with E-state index in [1.165, 1.54) is 0 Å². The van der Waals surface area contributed by atoms with Gasteiger partial charge in [0.05, 0.1) is 0 Å². The van der Waals surface area contributed by atoms with Crippen molar-refractivity contribution in [1.82, 2.24) is 0 Å². The molecule has 0 atom stereocenters. The van der Waals surface area contributed by atoms with Crippen LogP contribution in [0.4, 0.5) is 0 Å². The zero-order chi connectivity index (χ0) is 0. The summed E-state index contributed by atoms with van der Waals surface area (Å²) in [4.78, 5) is 0. The summed E-state index contributed by atoms with van der Waals surface area (Å²) < 4.78 is 0. The van der Waals surface area contributed by atoms with E-state index in [4.69, 9.17) is 0 Å². The van der Waals surface area contributed by atoms with E-state index in [1.54, 1.807) is 0 Å². The van der Waals surface area contributed by atoms with Crippen LogP contribution in [0.15, 0.2) is 0 Å². The van der Waals surface area contributed by atoms with Gasteiger partial charge in [-0.25, -0.2) is 0 Å². The third kappa shape index (κ3) is 65.3. The van der Waals surface area contributed by atoms with Gasteiger partial charge < -0.3 is 0 Å². The minimum Gasteiger partial charge on any atom is 0 e. The molecule has 0 heterocycles. The van der Waals surface area contributed by atoms with E-state index >= 15 is 0 Å². The zero-order valence-corrected chi connectivity index (χ0v) is 16.5. The van der Waals surface area contributed by atoms with Crippen molar-refractivity contribution in [2.45, 2.75) is 0 Å². The van der Waals surface area contributed by atoms with Crippen LogP contribution in [0, 0.1) is 0 Å². The van der Waals surface area contributed by atoms with Gasteiger partial charge in [0.2, 0.25) is 0 Å². The average molecular weight is 639 g/mol. The van der Waals surface area contributed by atoms with Gasteiger partial charge in [-0.05, 0) is 0 Å². The van der Waals surface area contributed by atoms with Crippen LogP contribution in [0.5, 0.6) is 0 Å². The van der Waals surface area contributed by atoms with Gasteiger partial charge in [-0.1, -0.05) is 0 Å². The molecule has 0 amide bonds. The molecule has 0 aromatic heterocycles. The SMILES string of the molecule is [Co].[Cr].[Fe].[Mn].[Mo].[Ni].[Si].[V].[W]. The Morgan fingerprint density at radius 1 is 1.00 bits per heavy atom. The molecular weight excluding hydrogens is 639 g/mol. The maximum Gasteiger partial charge on any atom is 0 e. The first-order valence-corrected chi connectivity index (χ1v) is 0. The topological polar surface area (TPSA) is 0 Å². The van der Waals surface area contributed by atoms with Crippen molar-refractivity contribution in [2.24, 2.45) is 0 Å². The molecule has 61 valence electrons. The molecule has 0 aliphatic rings. The van der Waals surface area contributed by atoms with Gasteiger partial charge in [-0.3, -0.25) is 0 Å². The molecule has 0 nitrogen and oxygen atoms in total. The second kappa shape index (κ2) is 78.0. The fourth-order valence-corrected chi connectivity index (χ4v) is 0. The van der Waals surface area contributed by atoms with E-state index in [0.717, 1.165) is 0 Å². The normalized spacial score (nSPS) is 0. The van der Waals surface area contributed by atoms with E-state index in [0.29, 0.717) is 0 Å². The molecule has 0 aliphatic carbocycles. The Balaban J connectivity index is 0. The van der Waals surface area contributed by atoms with Crippen molar-refractivity contribution >= 4 is 11.0 Å². The van der Waals surface area contributed by atoms with Gasteiger partial charge >= 0.3 is 0 Å². The summed E-state index contributed by atoms with van der Waals surface area (Å²) in [7, 11) is 0. The summed E-state index contributed by atoms with van der Waals surface area (Å²) in [6.45, 7) is 0. The maximum absolute atomic E-state index is 0. The molecule has 9 heteroatoms. The molecule has 0 aromatic rings. The summed E-state index contributed by atoms with van der Waals surface area (Å²) in [5.74, 6) is 0. The summed E-state index contributed by atoms with van der Waals surface area (Å²) in [6.07, 6.45) is 0. The smallest absolute Gasteiger partial charge is 0 e. The Labute approximate surface area is 153 Å². The van der Waals surface area contributed by atoms with Crippen molar-refractivity contribution in [2.75, 3.05) is 0 Å². The van der Waals surface area contributed by atoms with E-state index < -0.39 is 0 Å². The predicted molar refractivity (Wildman–Crippen MR) is 5.75 cm³/mol. The molecule has 0 fully saturated rings. The quantitative estimate of drug-likeness (QED) is 0.317. The van der Waals surface area contributed by atoms with E-state index in [-0.39, 0.29) is 156 Å². The molecular formula is CoCrFeMnMoNiSiVW. The van der Waals surface area contributed by atoms with Crippen LogP contribution in [-0.2, 0) is 145 Å². The third-order valence-electron chi connectivity index (χ3n) is 0. The number of rotatable bonds is 0. The molecule has 0 unspecified atom stereocenters. The molecule has 0 saturated heterocycles. The van der Waals surface area contributed by atoms with Crippen LogP contribution in [0.2, 0.25) is 0 Å². The first kappa shape index (κ1) is 99.1. The first-order valence-electron chi connectivity index (χ1n) is 0. The van der Waals surface area contributed by atoms with Crippen LogP contribution in [0.3, 0.4) is 0 Å². The van der Waals surface area contributed by atoms with Crippen molar-refractivity contribution < 1.29 is 145 Å². The van der Waals surface area contributed by atoms with Gasteiger partial charge in [0.25, 0.3) is 0 Å². The van der Waals surface area contributed by atoms with Gasteiger partial charge in [-0.2, -0.15) is 0 Å². The summed E-state index contributed by atoms with van der Waals surface area (Å²) in [6, 6.07) is 0. The number of hydrogen-bond acceptors (Lipinski definition) is 0. The Bertz CT molecular complexity index is 28.5. The monoisotopic (exact) mass is 640 g/mol. The minimum absolute atomic E-state index is 0. The standard InChI is InChI=1S/Co.Cr.Fe.Mn.Mo.Ni.Si.V.W. The van der Waals surface area contributed by atoms with Crippen molar-refractivity contribution in [3.8, 4) is 0 Å².